The van der Waals surface area contributed by atoms with Gasteiger partial charge in [0.15, 0.2) is 5.82 Å². The molecule has 19 heavy (non-hydrogen) atoms. The van der Waals surface area contributed by atoms with Crippen LogP contribution in [0.4, 0.5) is 0 Å². The number of H-pyrrole nitrogens is 2. The Morgan fingerprint density at radius 3 is 2.63 bits per heavy atom. The van der Waals surface area contributed by atoms with Gasteiger partial charge >= 0.3 is 0 Å². The lowest BCUT2D eigenvalue weighted by Crippen LogP contribution is -1.88. The number of aromatic amines is 2. The van der Waals surface area contributed by atoms with Gasteiger partial charge in [-0.05, 0) is 36.6 Å². The number of rotatable bonds is 2. The Hall–Kier alpha value is -1.81. The number of hydrogen-bond donors (Lipinski definition) is 2. The first kappa shape index (κ1) is 12.2. The lowest BCUT2D eigenvalue weighted by Gasteiger charge is -2.07. The zero-order valence-corrected chi connectivity index (χ0v) is 11.8. The second kappa shape index (κ2) is 4.38. The molecule has 3 aromatic rings. The number of aromatic nitrogens is 4. The van der Waals surface area contributed by atoms with Crippen LogP contribution in [0.5, 0.6) is 0 Å². The van der Waals surface area contributed by atoms with Crippen LogP contribution in [0.3, 0.4) is 0 Å². The van der Waals surface area contributed by atoms with Crippen molar-refractivity contribution in [2.45, 2.75) is 26.7 Å². The Morgan fingerprint density at radius 2 is 2.00 bits per heavy atom. The number of nitrogens with zero attached hydrogens (tertiary/aromatic N) is 2. The molecule has 2 N–H and O–H groups in total. The van der Waals surface area contributed by atoms with Crippen LogP contribution in [-0.2, 0) is 0 Å². The molecule has 4 nitrogen and oxygen atoms in total. The van der Waals surface area contributed by atoms with E-state index in [4.69, 9.17) is 11.6 Å². The molecular weight excluding hydrogens is 260 g/mol. The van der Waals surface area contributed by atoms with Gasteiger partial charge in [0, 0.05) is 10.7 Å². The summed E-state index contributed by atoms with van der Waals surface area (Å²) in [5.41, 5.74) is 4.81. The van der Waals surface area contributed by atoms with Gasteiger partial charge in [0.2, 0.25) is 0 Å². The predicted octanol–water partition coefficient (Wildman–Crippen LogP) is 4.04. The highest BCUT2D eigenvalue weighted by molar-refractivity contribution is 6.32. The first-order valence-corrected chi connectivity index (χ1v) is 6.64. The normalized spacial score (nSPS) is 11.6. The van der Waals surface area contributed by atoms with Crippen LogP contribution in [-0.4, -0.2) is 20.2 Å². The molecule has 98 valence electrons. The third kappa shape index (κ3) is 2.12. The van der Waals surface area contributed by atoms with Crippen LogP contribution in [0.15, 0.2) is 18.2 Å². The third-order valence-electron chi connectivity index (χ3n) is 3.17. The molecule has 2 aromatic heterocycles. The number of fused-ring (bicyclic) bond motifs is 1. The topological polar surface area (TPSA) is 57.4 Å². The van der Waals surface area contributed by atoms with E-state index >= 15 is 0 Å². The number of benzene rings is 1. The zero-order chi connectivity index (χ0) is 13.6. The standard InChI is InChI=1S/C14H15ClN4/c1-7(2)9-5-11-12(6-10(9)15)17-14(16-11)13-4-8(3)18-19-13/h4-7H,1-3H3,(H,16,17)(H,18,19). The van der Waals surface area contributed by atoms with Crippen LogP contribution in [0.2, 0.25) is 5.02 Å². The van der Waals surface area contributed by atoms with Gasteiger partial charge in [-0.15, -0.1) is 0 Å². The summed E-state index contributed by atoms with van der Waals surface area (Å²) in [4.78, 5) is 7.83. The molecular formula is C14H15ClN4. The first-order chi connectivity index (χ1) is 9.04. The van der Waals surface area contributed by atoms with E-state index in [0.717, 1.165) is 38.8 Å². The molecule has 0 amide bonds. The quantitative estimate of drug-likeness (QED) is 0.741. The van der Waals surface area contributed by atoms with E-state index in [9.17, 15) is 0 Å². The van der Waals surface area contributed by atoms with Crippen molar-refractivity contribution in [1.82, 2.24) is 20.2 Å². The van der Waals surface area contributed by atoms with Crippen molar-refractivity contribution in [2.24, 2.45) is 0 Å². The average molecular weight is 275 g/mol. The lowest BCUT2D eigenvalue weighted by atomic mass is 10.0. The van der Waals surface area contributed by atoms with Crippen molar-refractivity contribution in [2.75, 3.05) is 0 Å². The minimum absolute atomic E-state index is 0.385. The van der Waals surface area contributed by atoms with E-state index in [-0.39, 0.29) is 0 Å². The van der Waals surface area contributed by atoms with Gasteiger partial charge in [-0.3, -0.25) is 5.10 Å². The molecule has 0 atom stereocenters. The fourth-order valence-corrected chi connectivity index (χ4v) is 2.53. The molecule has 0 aliphatic carbocycles. The first-order valence-electron chi connectivity index (χ1n) is 6.26. The van der Waals surface area contributed by atoms with E-state index in [1.807, 2.05) is 19.1 Å². The number of aryl methyl sites for hydroxylation is 1. The van der Waals surface area contributed by atoms with E-state index in [1.54, 1.807) is 0 Å². The van der Waals surface area contributed by atoms with Crippen LogP contribution in [0.1, 0.15) is 31.0 Å². The Balaban J connectivity index is 2.15. The maximum absolute atomic E-state index is 6.28. The number of halogens is 1. The smallest absolute Gasteiger partial charge is 0.159 e. The zero-order valence-electron chi connectivity index (χ0n) is 11.1. The van der Waals surface area contributed by atoms with Crippen molar-refractivity contribution < 1.29 is 0 Å². The Kier molecular flexibility index (Phi) is 2.82. The van der Waals surface area contributed by atoms with Crippen molar-refractivity contribution in [1.29, 1.82) is 0 Å². The van der Waals surface area contributed by atoms with E-state index in [2.05, 4.69) is 40.1 Å². The van der Waals surface area contributed by atoms with Gasteiger partial charge in [-0.25, -0.2) is 4.98 Å². The van der Waals surface area contributed by atoms with Gasteiger partial charge in [-0.1, -0.05) is 25.4 Å². The monoisotopic (exact) mass is 274 g/mol. The molecule has 0 aliphatic rings. The van der Waals surface area contributed by atoms with Crippen molar-refractivity contribution in [3.05, 3.63) is 34.5 Å². The molecule has 2 heterocycles. The average Bonchev–Trinajstić information content (AvgIpc) is 2.93. The van der Waals surface area contributed by atoms with E-state index < -0.39 is 0 Å². The summed E-state index contributed by atoms with van der Waals surface area (Å²) in [6, 6.07) is 5.94. The van der Waals surface area contributed by atoms with Gasteiger partial charge in [0.25, 0.3) is 0 Å². The number of hydrogen-bond acceptors (Lipinski definition) is 2. The highest BCUT2D eigenvalue weighted by atomic mass is 35.5. The molecule has 0 unspecified atom stereocenters. The minimum Gasteiger partial charge on any atom is -0.337 e. The van der Waals surface area contributed by atoms with E-state index in [1.165, 1.54) is 0 Å². The summed E-state index contributed by atoms with van der Waals surface area (Å²) in [6.07, 6.45) is 0. The molecule has 5 heteroatoms. The summed E-state index contributed by atoms with van der Waals surface area (Å²) in [7, 11) is 0. The van der Waals surface area contributed by atoms with Crippen LogP contribution in [0, 0.1) is 6.92 Å². The third-order valence-corrected chi connectivity index (χ3v) is 3.50. The summed E-state index contributed by atoms with van der Waals surface area (Å²) in [5, 5.41) is 7.89. The maximum Gasteiger partial charge on any atom is 0.159 e. The molecule has 3 rings (SSSR count). The molecule has 0 radical (unpaired) electrons. The molecule has 0 saturated carbocycles. The van der Waals surface area contributed by atoms with Crippen molar-refractivity contribution in [3.63, 3.8) is 0 Å². The van der Waals surface area contributed by atoms with Crippen LogP contribution < -0.4 is 0 Å². The molecule has 0 bridgehead atoms. The summed E-state index contributed by atoms with van der Waals surface area (Å²) in [6.45, 7) is 6.22. The predicted molar refractivity (Wildman–Crippen MR) is 77.5 cm³/mol. The number of nitrogens with one attached hydrogen (secondary N) is 2. The highest BCUT2D eigenvalue weighted by Crippen LogP contribution is 2.29. The van der Waals surface area contributed by atoms with Gasteiger partial charge in [0.05, 0.1) is 11.0 Å². The van der Waals surface area contributed by atoms with Crippen LogP contribution in [0.25, 0.3) is 22.6 Å². The van der Waals surface area contributed by atoms with Crippen LogP contribution >= 0.6 is 11.6 Å². The summed E-state index contributed by atoms with van der Waals surface area (Å²) < 4.78 is 0. The van der Waals surface area contributed by atoms with Crippen molar-refractivity contribution in [3.8, 4) is 11.5 Å². The Morgan fingerprint density at radius 1 is 1.21 bits per heavy atom. The second-order valence-corrected chi connectivity index (χ2v) is 5.47. The Bertz CT molecular complexity index is 739. The molecule has 1 aromatic carbocycles. The summed E-state index contributed by atoms with van der Waals surface area (Å²) in [5.74, 6) is 1.15. The van der Waals surface area contributed by atoms with E-state index in [0.29, 0.717) is 5.92 Å². The van der Waals surface area contributed by atoms with Gasteiger partial charge in [0.1, 0.15) is 5.69 Å². The minimum atomic E-state index is 0.385. The largest absolute Gasteiger partial charge is 0.337 e. The fraction of sp³-hybridized carbons (Fsp3) is 0.286. The number of imidazole rings is 1. The molecule has 0 fully saturated rings. The second-order valence-electron chi connectivity index (χ2n) is 5.07. The fourth-order valence-electron chi connectivity index (χ4n) is 2.15. The molecule has 0 spiro atoms. The molecule has 0 saturated heterocycles. The summed E-state index contributed by atoms with van der Waals surface area (Å²) >= 11 is 6.28. The van der Waals surface area contributed by atoms with Crippen molar-refractivity contribution >= 4 is 22.6 Å². The highest BCUT2D eigenvalue weighted by Gasteiger charge is 2.12. The van der Waals surface area contributed by atoms with Gasteiger partial charge < -0.3 is 4.98 Å². The molecule has 0 aliphatic heterocycles. The maximum atomic E-state index is 6.28. The Labute approximate surface area is 116 Å². The SMILES string of the molecule is Cc1cc(-c2nc3cc(Cl)c(C(C)C)cc3[nH]2)n[nH]1. The lowest BCUT2D eigenvalue weighted by molar-refractivity contribution is 0.868. The van der Waals surface area contributed by atoms with Gasteiger partial charge in [-0.2, -0.15) is 5.10 Å².